The Labute approximate surface area is 142 Å². The van der Waals surface area contributed by atoms with Crippen molar-refractivity contribution in [3.05, 3.63) is 60.2 Å². The van der Waals surface area contributed by atoms with Crippen LogP contribution in [-0.4, -0.2) is 47.1 Å². The van der Waals surface area contributed by atoms with Gasteiger partial charge in [0.05, 0.1) is 24.3 Å². The van der Waals surface area contributed by atoms with Gasteiger partial charge >= 0.3 is 0 Å². The van der Waals surface area contributed by atoms with Gasteiger partial charge in [0.1, 0.15) is 0 Å². The second kappa shape index (κ2) is 7.93. The lowest BCUT2D eigenvalue weighted by Gasteiger charge is -2.37. The first-order valence-electron chi connectivity index (χ1n) is 8.28. The van der Waals surface area contributed by atoms with Crippen LogP contribution in [0.25, 0.3) is 6.08 Å². The number of likely N-dealkylation sites (tertiary alicyclic amines) is 1. The topological polar surface area (TPSA) is 58.2 Å². The van der Waals surface area contributed by atoms with Gasteiger partial charge in [-0.2, -0.15) is 0 Å². The molecular formula is C19H23N3O2. The van der Waals surface area contributed by atoms with E-state index in [1.54, 1.807) is 31.8 Å². The third-order valence-electron chi connectivity index (χ3n) is 4.54. The van der Waals surface area contributed by atoms with Crippen molar-refractivity contribution >= 4 is 12.0 Å². The summed E-state index contributed by atoms with van der Waals surface area (Å²) in [6.07, 6.45) is 8.67. The van der Waals surface area contributed by atoms with Crippen molar-refractivity contribution in [3.63, 3.8) is 0 Å². The third kappa shape index (κ3) is 4.11. The van der Waals surface area contributed by atoms with Crippen LogP contribution in [0.1, 0.15) is 17.7 Å². The summed E-state index contributed by atoms with van der Waals surface area (Å²) in [6, 6.07) is 10.4. The summed E-state index contributed by atoms with van der Waals surface area (Å²) in [6.45, 7) is 1.45. The lowest BCUT2D eigenvalue weighted by molar-refractivity contribution is -0.130. The molecule has 1 N–H and O–H groups in total. The maximum absolute atomic E-state index is 12.5. The summed E-state index contributed by atoms with van der Waals surface area (Å²) in [4.78, 5) is 21.3. The molecule has 126 valence electrons. The Morgan fingerprint density at radius 1 is 1.42 bits per heavy atom. The molecule has 0 unspecified atom stereocenters. The minimum Gasteiger partial charge on any atom is -0.381 e. The first kappa shape index (κ1) is 16.5. The number of imidazole rings is 1. The van der Waals surface area contributed by atoms with Crippen molar-refractivity contribution in [3.8, 4) is 0 Å². The van der Waals surface area contributed by atoms with Crippen LogP contribution in [0.5, 0.6) is 0 Å². The fraction of sp³-hybridized carbons (Fsp3) is 0.368. The van der Waals surface area contributed by atoms with Crippen molar-refractivity contribution in [1.82, 2.24) is 14.9 Å². The van der Waals surface area contributed by atoms with Crippen molar-refractivity contribution in [1.29, 1.82) is 0 Å². The van der Waals surface area contributed by atoms with Gasteiger partial charge in [0.15, 0.2) is 0 Å². The average molecular weight is 325 g/mol. The summed E-state index contributed by atoms with van der Waals surface area (Å²) < 4.78 is 5.65. The van der Waals surface area contributed by atoms with E-state index in [2.05, 4.69) is 34.2 Å². The Bertz CT molecular complexity index is 667. The third-order valence-corrected chi connectivity index (χ3v) is 4.54. The molecule has 2 atom stereocenters. The van der Waals surface area contributed by atoms with Crippen molar-refractivity contribution in [2.45, 2.75) is 18.9 Å². The molecule has 0 spiro atoms. The number of rotatable bonds is 5. The van der Waals surface area contributed by atoms with Crippen LogP contribution in [0.2, 0.25) is 0 Å². The molecule has 1 saturated heterocycles. The summed E-state index contributed by atoms with van der Waals surface area (Å²) in [5.41, 5.74) is 2.11. The zero-order valence-corrected chi connectivity index (χ0v) is 13.9. The Kier molecular flexibility index (Phi) is 5.43. The second-order valence-corrected chi connectivity index (χ2v) is 6.14. The quantitative estimate of drug-likeness (QED) is 0.860. The van der Waals surface area contributed by atoms with Gasteiger partial charge in [-0.25, -0.2) is 4.98 Å². The minimum absolute atomic E-state index is 0.0391. The maximum atomic E-state index is 12.5. The molecule has 24 heavy (non-hydrogen) atoms. The van der Waals surface area contributed by atoms with Gasteiger partial charge in [0.25, 0.3) is 0 Å². The summed E-state index contributed by atoms with van der Waals surface area (Å²) in [7, 11) is 1.76. The van der Waals surface area contributed by atoms with E-state index < -0.39 is 0 Å². The van der Waals surface area contributed by atoms with E-state index in [0.717, 1.165) is 31.6 Å². The number of piperidine rings is 1. The van der Waals surface area contributed by atoms with Crippen LogP contribution in [0, 0.1) is 5.92 Å². The molecule has 0 radical (unpaired) electrons. The molecule has 1 fully saturated rings. The molecule has 2 aromatic rings. The number of methoxy groups -OCH3 is 1. The summed E-state index contributed by atoms with van der Waals surface area (Å²) in [5.74, 6) is 0.355. The van der Waals surface area contributed by atoms with Gasteiger partial charge in [0.2, 0.25) is 5.91 Å². The molecule has 5 heteroatoms. The predicted molar refractivity (Wildman–Crippen MR) is 93.3 cm³/mol. The van der Waals surface area contributed by atoms with Crippen LogP contribution in [0.4, 0.5) is 0 Å². The molecule has 1 aromatic carbocycles. The Morgan fingerprint density at radius 2 is 2.25 bits per heavy atom. The number of nitrogens with zero attached hydrogens (tertiary/aromatic N) is 2. The highest BCUT2D eigenvalue weighted by Crippen LogP contribution is 2.24. The van der Waals surface area contributed by atoms with Gasteiger partial charge < -0.3 is 14.6 Å². The standard InChI is InChI=1S/C19H23N3O2/c1-24-18-9-10-22(19(23)8-7-17-12-20-14-21-17)13-16(18)11-15-5-3-2-4-6-15/h2-8,12,14,16,18H,9-11,13H2,1H3,(H,20,21)/b8-7+/t16-,18-/m1/s1. The highest BCUT2D eigenvalue weighted by Gasteiger charge is 2.30. The number of amides is 1. The van der Waals surface area contributed by atoms with E-state index in [0.29, 0.717) is 5.92 Å². The molecule has 0 bridgehead atoms. The highest BCUT2D eigenvalue weighted by molar-refractivity contribution is 5.91. The van der Waals surface area contributed by atoms with E-state index >= 15 is 0 Å². The van der Waals surface area contributed by atoms with E-state index in [1.807, 2.05) is 11.0 Å². The van der Waals surface area contributed by atoms with Crippen LogP contribution in [0.15, 0.2) is 48.9 Å². The van der Waals surface area contributed by atoms with E-state index in [-0.39, 0.29) is 12.0 Å². The number of nitrogens with one attached hydrogen (secondary N) is 1. The molecule has 1 aliphatic heterocycles. The number of carbonyl (C=O) groups excluding carboxylic acids is 1. The minimum atomic E-state index is 0.0391. The van der Waals surface area contributed by atoms with Gasteiger partial charge in [-0.1, -0.05) is 30.3 Å². The monoisotopic (exact) mass is 325 g/mol. The number of hydrogen-bond donors (Lipinski definition) is 1. The van der Waals surface area contributed by atoms with Crippen LogP contribution in [-0.2, 0) is 16.0 Å². The average Bonchev–Trinajstić information content (AvgIpc) is 3.14. The van der Waals surface area contributed by atoms with Crippen molar-refractivity contribution in [2.75, 3.05) is 20.2 Å². The SMILES string of the molecule is CO[C@@H]1CCN(C(=O)/C=C/c2cnc[nH]2)C[C@H]1Cc1ccccc1. The van der Waals surface area contributed by atoms with E-state index in [1.165, 1.54) is 5.56 Å². The van der Waals surface area contributed by atoms with Gasteiger partial charge in [-0.3, -0.25) is 4.79 Å². The first-order valence-corrected chi connectivity index (χ1v) is 8.28. The normalized spacial score (nSPS) is 21.3. The molecule has 0 saturated carbocycles. The molecule has 0 aliphatic carbocycles. The number of hydrogen-bond acceptors (Lipinski definition) is 3. The molecule has 1 amide bonds. The summed E-state index contributed by atoms with van der Waals surface area (Å²) >= 11 is 0. The van der Waals surface area contributed by atoms with E-state index in [4.69, 9.17) is 4.74 Å². The number of carbonyl (C=O) groups is 1. The Hall–Kier alpha value is -2.40. The molecule has 2 heterocycles. The number of aromatic amines is 1. The first-order chi connectivity index (χ1) is 11.8. The molecule has 1 aromatic heterocycles. The molecule has 1 aliphatic rings. The lowest BCUT2D eigenvalue weighted by atomic mass is 9.88. The number of H-pyrrole nitrogens is 1. The Balaban J connectivity index is 1.64. The lowest BCUT2D eigenvalue weighted by Crippen LogP contribution is -2.46. The second-order valence-electron chi connectivity index (χ2n) is 6.14. The fourth-order valence-electron chi connectivity index (χ4n) is 3.26. The molecule has 3 rings (SSSR count). The number of benzene rings is 1. The predicted octanol–water partition coefficient (Wildman–Crippen LogP) is 2.53. The molecular weight excluding hydrogens is 302 g/mol. The van der Waals surface area contributed by atoms with Crippen LogP contribution < -0.4 is 0 Å². The van der Waals surface area contributed by atoms with E-state index in [9.17, 15) is 4.79 Å². The zero-order chi connectivity index (χ0) is 16.8. The largest absolute Gasteiger partial charge is 0.381 e. The van der Waals surface area contributed by atoms with Crippen LogP contribution >= 0.6 is 0 Å². The van der Waals surface area contributed by atoms with Gasteiger partial charge in [0, 0.05) is 32.2 Å². The Morgan fingerprint density at radius 3 is 2.96 bits per heavy atom. The van der Waals surface area contributed by atoms with Gasteiger partial charge in [-0.15, -0.1) is 0 Å². The fourth-order valence-corrected chi connectivity index (χ4v) is 3.26. The van der Waals surface area contributed by atoms with Crippen molar-refractivity contribution in [2.24, 2.45) is 5.92 Å². The smallest absolute Gasteiger partial charge is 0.246 e. The maximum Gasteiger partial charge on any atom is 0.246 e. The van der Waals surface area contributed by atoms with Crippen molar-refractivity contribution < 1.29 is 9.53 Å². The zero-order valence-electron chi connectivity index (χ0n) is 13.9. The summed E-state index contributed by atoms with van der Waals surface area (Å²) in [5, 5.41) is 0. The highest BCUT2D eigenvalue weighted by atomic mass is 16.5. The number of aromatic nitrogens is 2. The number of ether oxygens (including phenoxy) is 1. The van der Waals surface area contributed by atoms with Crippen LogP contribution in [0.3, 0.4) is 0 Å². The molecule has 5 nitrogen and oxygen atoms in total. The van der Waals surface area contributed by atoms with Gasteiger partial charge in [-0.05, 0) is 24.5 Å².